The largest absolute Gasteiger partial charge is 0.478 e. The number of piperidine rings is 1. The fraction of sp³-hybridized carbons (Fsp3) is 0.379. The number of carbonyl (C=O) groups is 1. The molecule has 1 aromatic carbocycles. The maximum absolute atomic E-state index is 13.1. The number of benzene rings is 1. The molecule has 2 aliphatic heterocycles. The normalized spacial score (nSPS) is 24.5. The Balaban J connectivity index is 1.18. The van der Waals surface area contributed by atoms with Crippen LogP contribution in [0.3, 0.4) is 0 Å². The minimum absolute atomic E-state index is 0.0353. The molecule has 1 saturated carbocycles. The van der Waals surface area contributed by atoms with Crippen molar-refractivity contribution < 1.29 is 23.8 Å². The molecule has 200 valence electrons. The number of imidazole rings is 1. The number of carboxylic acid groups (broad SMARTS) is 1. The maximum Gasteiger partial charge on any atom is 0.335 e. The van der Waals surface area contributed by atoms with Crippen LogP contribution < -0.4 is 4.74 Å². The number of ether oxygens (including phenoxy) is 2. The summed E-state index contributed by atoms with van der Waals surface area (Å²) >= 11 is 0. The predicted molar refractivity (Wildman–Crippen MR) is 140 cm³/mol. The van der Waals surface area contributed by atoms with Gasteiger partial charge in [-0.15, -0.1) is 0 Å². The van der Waals surface area contributed by atoms with E-state index in [1.807, 2.05) is 18.2 Å². The molecule has 3 aromatic rings. The van der Waals surface area contributed by atoms with E-state index in [9.17, 15) is 19.6 Å². The van der Waals surface area contributed by atoms with Crippen LogP contribution in [0.15, 0.2) is 60.6 Å². The number of aromatic nitrogens is 3. The standard InChI is InChI=1S/C29H28FN5O4/c1-18(30)11-22(14-31)39-27-4-2-3-25(33-27)29-8-9-34(15-20(29)13-29)17-26-32-23-6-5-19(28(36)37)12-24(23)35(26)16-21-7-10-38-21/h2-6,11-12,20-21H,1,7-10,13,15-17H2,(H,36,37)/b22-11-/t20?,21-,29?/m0/s1. The minimum Gasteiger partial charge on any atom is -0.478 e. The number of halogens is 1. The summed E-state index contributed by atoms with van der Waals surface area (Å²) in [6.45, 7) is 6.96. The minimum atomic E-state index is -0.956. The Bertz CT molecular complexity index is 1540. The molecule has 10 heteroatoms. The van der Waals surface area contributed by atoms with Crippen LogP contribution in [0.4, 0.5) is 4.39 Å². The first-order valence-electron chi connectivity index (χ1n) is 13.0. The molecular weight excluding hydrogens is 501 g/mol. The van der Waals surface area contributed by atoms with Gasteiger partial charge in [0.05, 0.1) is 41.5 Å². The molecule has 2 aromatic heterocycles. The monoisotopic (exact) mass is 529 g/mol. The highest BCUT2D eigenvalue weighted by molar-refractivity contribution is 5.92. The van der Waals surface area contributed by atoms with Crippen molar-refractivity contribution in [3.8, 4) is 11.9 Å². The van der Waals surface area contributed by atoms with Crippen LogP contribution in [-0.2, 0) is 23.2 Å². The fourth-order valence-electron chi connectivity index (χ4n) is 5.82. The lowest BCUT2D eigenvalue weighted by Crippen LogP contribution is -2.37. The zero-order chi connectivity index (χ0) is 27.1. The van der Waals surface area contributed by atoms with E-state index in [1.54, 1.807) is 24.3 Å². The second-order valence-corrected chi connectivity index (χ2v) is 10.5. The number of allylic oxidation sites excluding steroid dienone is 3. The van der Waals surface area contributed by atoms with Crippen LogP contribution >= 0.6 is 0 Å². The number of nitrogens with zero attached hydrogens (tertiary/aromatic N) is 5. The molecule has 3 aliphatic rings. The molecule has 0 amide bonds. The van der Waals surface area contributed by atoms with Crippen LogP contribution in [-0.4, -0.2) is 56.3 Å². The Hall–Kier alpha value is -4.07. The van der Waals surface area contributed by atoms with E-state index >= 15 is 0 Å². The number of likely N-dealkylation sites (tertiary alicyclic amines) is 1. The van der Waals surface area contributed by atoms with Gasteiger partial charge in [0.25, 0.3) is 0 Å². The van der Waals surface area contributed by atoms with E-state index < -0.39 is 11.8 Å². The first-order valence-corrected chi connectivity index (χ1v) is 13.0. The SMILES string of the molecule is C=C(F)/C=C(/C#N)Oc1cccc(C23CCN(Cc4nc5ccc(C(=O)O)cc5n4C[C@@H]4CCO4)CC2C3)n1. The van der Waals surface area contributed by atoms with Gasteiger partial charge in [-0.1, -0.05) is 12.6 Å². The van der Waals surface area contributed by atoms with E-state index in [-0.39, 0.29) is 28.7 Å². The molecule has 1 N–H and O–H groups in total. The molecule has 2 saturated heterocycles. The summed E-state index contributed by atoms with van der Waals surface area (Å²) in [6.07, 6.45) is 3.97. The van der Waals surface area contributed by atoms with Gasteiger partial charge in [-0.3, -0.25) is 4.90 Å². The molecule has 9 nitrogen and oxygen atoms in total. The fourth-order valence-corrected chi connectivity index (χ4v) is 5.82. The van der Waals surface area contributed by atoms with Crippen molar-refractivity contribution >= 4 is 17.0 Å². The lowest BCUT2D eigenvalue weighted by atomic mass is 9.91. The van der Waals surface area contributed by atoms with Gasteiger partial charge in [0, 0.05) is 30.7 Å². The number of carboxylic acids is 1. The van der Waals surface area contributed by atoms with Crippen molar-refractivity contribution in [2.75, 3.05) is 19.7 Å². The molecule has 3 fully saturated rings. The van der Waals surface area contributed by atoms with Gasteiger partial charge in [-0.25, -0.2) is 19.2 Å². The van der Waals surface area contributed by atoms with Gasteiger partial charge in [0.1, 0.15) is 17.7 Å². The van der Waals surface area contributed by atoms with Crippen LogP contribution in [0.1, 0.15) is 41.1 Å². The number of rotatable bonds is 9. The average molecular weight is 530 g/mol. The topological polar surface area (TPSA) is 114 Å². The van der Waals surface area contributed by atoms with Crippen molar-refractivity contribution in [2.24, 2.45) is 5.92 Å². The molecule has 1 aliphatic carbocycles. The molecule has 2 unspecified atom stereocenters. The number of pyridine rings is 1. The Morgan fingerprint density at radius 3 is 2.90 bits per heavy atom. The average Bonchev–Trinajstić information content (AvgIpc) is 3.53. The van der Waals surface area contributed by atoms with E-state index in [0.717, 1.165) is 67.6 Å². The van der Waals surface area contributed by atoms with Crippen molar-refractivity contribution in [3.05, 3.63) is 77.7 Å². The summed E-state index contributed by atoms with van der Waals surface area (Å²) < 4.78 is 26.4. The highest BCUT2D eigenvalue weighted by atomic mass is 19.1. The quantitative estimate of drug-likeness (QED) is 0.247. The van der Waals surface area contributed by atoms with Gasteiger partial charge in [-0.2, -0.15) is 5.26 Å². The Morgan fingerprint density at radius 2 is 2.21 bits per heavy atom. The summed E-state index contributed by atoms with van der Waals surface area (Å²) in [4.78, 5) is 23.5. The Labute approximate surface area is 224 Å². The van der Waals surface area contributed by atoms with Gasteiger partial charge in [0.15, 0.2) is 0 Å². The lowest BCUT2D eigenvalue weighted by Gasteiger charge is -2.32. The number of nitriles is 1. The smallest absolute Gasteiger partial charge is 0.335 e. The van der Waals surface area contributed by atoms with E-state index in [0.29, 0.717) is 19.0 Å². The first-order chi connectivity index (χ1) is 18.8. The van der Waals surface area contributed by atoms with Crippen LogP contribution in [0.5, 0.6) is 5.88 Å². The molecule has 0 spiro atoms. The van der Waals surface area contributed by atoms with E-state index in [2.05, 4.69) is 21.0 Å². The van der Waals surface area contributed by atoms with Crippen LogP contribution in [0, 0.1) is 17.2 Å². The Kier molecular flexibility index (Phi) is 6.41. The highest BCUT2D eigenvalue weighted by Gasteiger charge is 2.58. The zero-order valence-electron chi connectivity index (χ0n) is 21.3. The van der Waals surface area contributed by atoms with Crippen molar-refractivity contribution in [3.63, 3.8) is 0 Å². The number of hydrogen-bond acceptors (Lipinski definition) is 7. The van der Waals surface area contributed by atoms with Gasteiger partial charge in [-0.05, 0) is 56.0 Å². The molecule has 6 rings (SSSR count). The second kappa shape index (κ2) is 9.91. The van der Waals surface area contributed by atoms with Crippen molar-refractivity contribution in [1.29, 1.82) is 5.26 Å². The molecule has 3 atom stereocenters. The van der Waals surface area contributed by atoms with Gasteiger partial charge >= 0.3 is 5.97 Å². The summed E-state index contributed by atoms with van der Waals surface area (Å²) in [5.41, 5.74) is 2.75. The molecule has 39 heavy (non-hydrogen) atoms. The van der Waals surface area contributed by atoms with E-state index in [1.165, 1.54) is 0 Å². The van der Waals surface area contributed by atoms with E-state index in [4.69, 9.17) is 14.5 Å². The summed E-state index contributed by atoms with van der Waals surface area (Å²) in [5, 5.41) is 18.7. The third kappa shape index (κ3) is 4.91. The number of hydrogen-bond donors (Lipinski definition) is 1. The summed E-state index contributed by atoms with van der Waals surface area (Å²) in [6, 6.07) is 12.4. The Morgan fingerprint density at radius 1 is 1.36 bits per heavy atom. The zero-order valence-corrected chi connectivity index (χ0v) is 21.3. The molecular formula is C29H28FN5O4. The van der Waals surface area contributed by atoms with Crippen molar-refractivity contribution in [1.82, 2.24) is 19.4 Å². The highest BCUT2D eigenvalue weighted by Crippen LogP contribution is 2.59. The van der Waals surface area contributed by atoms with Crippen molar-refractivity contribution in [2.45, 2.75) is 43.9 Å². The number of fused-ring (bicyclic) bond motifs is 2. The van der Waals surface area contributed by atoms with Crippen LogP contribution in [0.2, 0.25) is 0 Å². The predicted octanol–water partition coefficient (Wildman–Crippen LogP) is 4.35. The van der Waals surface area contributed by atoms with Crippen LogP contribution in [0.25, 0.3) is 11.0 Å². The summed E-state index contributed by atoms with van der Waals surface area (Å²) in [7, 11) is 0. The second-order valence-electron chi connectivity index (χ2n) is 10.5. The number of aromatic carboxylic acids is 1. The molecule has 0 radical (unpaired) electrons. The molecule has 0 bridgehead atoms. The van der Waals surface area contributed by atoms with Gasteiger partial charge < -0.3 is 19.1 Å². The first kappa shape index (κ1) is 25.2. The summed E-state index contributed by atoms with van der Waals surface area (Å²) in [5.74, 6) is -0.309. The third-order valence-electron chi connectivity index (χ3n) is 8.05. The lowest BCUT2D eigenvalue weighted by molar-refractivity contribution is -0.0592. The maximum atomic E-state index is 13.1. The third-order valence-corrected chi connectivity index (χ3v) is 8.05. The van der Waals surface area contributed by atoms with Gasteiger partial charge in [0.2, 0.25) is 11.6 Å². The molecule has 4 heterocycles.